The number of thiophene rings is 1. The summed E-state index contributed by atoms with van der Waals surface area (Å²) in [4.78, 5) is 30.3. The van der Waals surface area contributed by atoms with Gasteiger partial charge in [-0.05, 0) is 36.0 Å². The number of morpholine rings is 1. The molecule has 0 saturated carbocycles. The number of carbonyl (C=O) groups excluding carboxylic acids is 2. The summed E-state index contributed by atoms with van der Waals surface area (Å²) in [6.45, 7) is 10.7. The molecule has 1 aromatic heterocycles. The normalized spacial score (nSPS) is 15.5. The maximum atomic E-state index is 13.3. The zero-order valence-electron chi connectivity index (χ0n) is 21.8. The minimum Gasteiger partial charge on any atom is -0.492 e. The number of rotatable bonds is 9. The number of Topliss-reactive ketones (excluding diaryl/α,β-unsaturated/α-hetero) is 1. The zero-order chi connectivity index (χ0) is 26.6. The summed E-state index contributed by atoms with van der Waals surface area (Å²) in [5.41, 5.74) is 0.561. The Bertz CT molecular complexity index is 1260. The van der Waals surface area contributed by atoms with Crippen LogP contribution in [0.3, 0.4) is 0 Å². The van der Waals surface area contributed by atoms with Crippen LogP contribution in [0.25, 0.3) is 10.8 Å². The van der Waals surface area contributed by atoms with E-state index in [1.54, 1.807) is 19.2 Å². The highest BCUT2D eigenvalue weighted by Crippen LogP contribution is 2.38. The maximum Gasteiger partial charge on any atom is 0.296 e. The van der Waals surface area contributed by atoms with Crippen LogP contribution in [0.15, 0.2) is 42.5 Å². The van der Waals surface area contributed by atoms with E-state index in [4.69, 9.17) is 9.47 Å². The average Bonchev–Trinajstić information content (AvgIpc) is 3.33. The average molecular weight is 526 g/mol. The quantitative estimate of drug-likeness (QED) is 0.221. The van der Waals surface area contributed by atoms with Crippen molar-refractivity contribution in [3.63, 3.8) is 0 Å². The molecule has 0 aliphatic carbocycles. The number of anilines is 1. The lowest BCUT2D eigenvalue weighted by Crippen LogP contribution is -2.38. The molecule has 3 aromatic rings. The van der Waals surface area contributed by atoms with Crippen LogP contribution >= 0.6 is 11.3 Å². The van der Waals surface area contributed by atoms with Crippen molar-refractivity contribution >= 4 is 39.5 Å². The highest BCUT2D eigenvalue weighted by atomic mass is 32.1. The summed E-state index contributed by atoms with van der Waals surface area (Å²) < 4.78 is 11.5. The second kappa shape index (κ2) is 11.7. The fourth-order valence-electron chi connectivity index (χ4n) is 4.21. The zero-order valence-corrected chi connectivity index (χ0v) is 22.6. The molecule has 1 amide bonds. The van der Waals surface area contributed by atoms with Gasteiger partial charge in [-0.2, -0.15) is 0 Å². The molecule has 2 heterocycles. The Morgan fingerprint density at radius 2 is 1.84 bits per heavy atom. The molecule has 1 aliphatic heterocycles. The Balaban J connectivity index is 1.54. The first kappa shape index (κ1) is 27.2. The summed E-state index contributed by atoms with van der Waals surface area (Å²) >= 11 is 1.41. The van der Waals surface area contributed by atoms with Gasteiger partial charge in [0.1, 0.15) is 18.6 Å². The third-order valence-electron chi connectivity index (χ3n) is 6.37. The van der Waals surface area contributed by atoms with E-state index in [1.165, 1.54) is 11.3 Å². The van der Waals surface area contributed by atoms with E-state index in [-0.39, 0.29) is 5.41 Å². The van der Waals surface area contributed by atoms with Crippen molar-refractivity contribution in [2.24, 2.45) is 0 Å². The number of aliphatic hydroxyl groups is 1. The number of aliphatic hydroxyl groups excluding tert-OH is 1. The molecule has 8 nitrogen and oxygen atoms in total. The predicted molar refractivity (Wildman–Crippen MR) is 147 cm³/mol. The number of nitrogens with zero attached hydrogens (tertiary/aromatic N) is 1. The minimum absolute atomic E-state index is 0.173. The molecule has 0 bridgehead atoms. The summed E-state index contributed by atoms with van der Waals surface area (Å²) in [6.07, 6.45) is -0.957. The Kier molecular flexibility index (Phi) is 8.61. The first-order chi connectivity index (χ1) is 17.7. The van der Waals surface area contributed by atoms with Gasteiger partial charge in [0, 0.05) is 35.5 Å². The number of amides is 1. The number of nitrogens with one attached hydrogen (secondary N) is 2. The van der Waals surface area contributed by atoms with Crippen LogP contribution in [0.5, 0.6) is 5.75 Å². The van der Waals surface area contributed by atoms with Gasteiger partial charge in [0.15, 0.2) is 0 Å². The van der Waals surface area contributed by atoms with Crippen molar-refractivity contribution in [1.29, 1.82) is 0 Å². The number of fused-ring (bicyclic) bond motifs is 1. The number of ketones is 1. The van der Waals surface area contributed by atoms with Crippen LogP contribution in [-0.4, -0.2) is 68.2 Å². The van der Waals surface area contributed by atoms with Crippen molar-refractivity contribution in [2.75, 3.05) is 51.8 Å². The number of carbonyl (C=O) groups is 2. The van der Waals surface area contributed by atoms with Crippen molar-refractivity contribution in [2.45, 2.75) is 32.4 Å². The molecule has 0 radical (unpaired) electrons. The van der Waals surface area contributed by atoms with Crippen molar-refractivity contribution < 1.29 is 24.2 Å². The van der Waals surface area contributed by atoms with E-state index in [2.05, 4.69) is 36.3 Å². The largest absolute Gasteiger partial charge is 0.492 e. The summed E-state index contributed by atoms with van der Waals surface area (Å²) in [5.74, 6) is -0.730. The minimum atomic E-state index is -0.957. The molecular weight excluding hydrogens is 490 g/mol. The van der Waals surface area contributed by atoms with Gasteiger partial charge in [-0.1, -0.05) is 45.0 Å². The van der Waals surface area contributed by atoms with Crippen LogP contribution in [0.2, 0.25) is 0 Å². The summed E-state index contributed by atoms with van der Waals surface area (Å²) in [5, 5.41) is 17.4. The van der Waals surface area contributed by atoms with E-state index >= 15 is 0 Å². The predicted octanol–water partition coefficient (Wildman–Crippen LogP) is 3.94. The molecule has 0 spiro atoms. The Hall–Kier alpha value is -2.82. The van der Waals surface area contributed by atoms with E-state index in [0.717, 1.165) is 43.1 Å². The van der Waals surface area contributed by atoms with Gasteiger partial charge in [0.05, 0.1) is 23.8 Å². The van der Waals surface area contributed by atoms with Gasteiger partial charge in [-0.25, -0.2) is 0 Å². The molecule has 1 aliphatic rings. The second-order valence-corrected chi connectivity index (χ2v) is 11.2. The molecule has 4 rings (SSSR count). The van der Waals surface area contributed by atoms with Gasteiger partial charge in [0.2, 0.25) is 0 Å². The van der Waals surface area contributed by atoms with Crippen molar-refractivity contribution in [3.8, 4) is 5.75 Å². The third-order valence-corrected chi connectivity index (χ3v) is 7.99. The summed E-state index contributed by atoms with van der Waals surface area (Å²) in [7, 11) is 1.63. The van der Waals surface area contributed by atoms with Crippen molar-refractivity contribution in [1.82, 2.24) is 10.2 Å². The molecule has 1 unspecified atom stereocenters. The molecule has 1 saturated heterocycles. The topological polar surface area (TPSA) is 100 Å². The van der Waals surface area contributed by atoms with E-state index in [0.29, 0.717) is 33.9 Å². The van der Waals surface area contributed by atoms with Crippen LogP contribution < -0.4 is 15.4 Å². The first-order valence-electron chi connectivity index (χ1n) is 12.5. The third kappa shape index (κ3) is 6.37. The number of hydrogen-bond donors (Lipinski definition) is 3. The Morgan fingerprint density at radius 3 is 2.51 bits per heavy atom. The first-order valence-corrected chi connectivity index (χ1v) is 13.3. The van der Waals surface area contributed by atoms with Crippen LogP contribution in [0, 0.1) is 0 Å². The second-order valence-electron chi connectivity index (χ2n) is 10.1. The number of ether oxygens (including phenoxy) is 2. The summed E-state index contributed by atoms with van der Waals surface area (Å²) in [6, 6.07) is 12.7. The highest BCUT2D eigenvalue weighted by Gasteiger charge is 2.26. The van der Waals surface area contributed by atoms with Crippen LogP contribution in [0.4, 0.5) is 5.69 Å². The van der Waals surface area contributed by atoms with Gasteiger partial charge >= 0.3 is 0 Å². The molecule has 1 atom stereocenters. The number of hydrogen-bond acceptors (Lipinski definition) is 8. The van der Waals surface area contributed by atoms with Gasteiger partial charge in [-0.15, -0.1) is 11.3 Å². The molecule has 3 N–H and O–H groups in total. The number of benzene rings is 2. The Morgan fingerprint density at radius 1 is 1.14 bits per heavy atom. The maximum absolute atomic E-state index is 13.3. The van der Waals surface area contributed by atoms with Gasteiger partial charge in [-0.3, -0.25) is 19.8 Å². The monoisotopic (exact) mass is 525 g/mol. The van der Waals surface area contributed by atoms with Gasteiger partial charge < -0.3 is 19.9 Å². The lowest BCUT2D eigenvalue weighted by molar-refractivity contribution is -0.112. The van der Waals surface area contributed by atoms with E-state index in [1.807, 2.05) is 30.3 Å². The lowest BCUT2D eigenvalue weighted by Gasteiger charge is -2.26. The highest BCUT2D eigenvalue weighted by molar-refractivity contribution is 7.12. The standard InChI is InChI=1S/C28H35N3O5S/c1-28(2,3)23-17-21(25(37-23)27(34)29-4)30-26(33)24(32)20-9-10-22(19-8-6-5-7-18(19)20)36-16-13-31-11-14-35-15-12-31/h5-10,17,27,29,34H,11-16H2,1-4H3,(H,30,33). The fraction of sp³-hybridized carbons (Fsp3) is 0.429. The molecule has 2 aromatic carbocycles. The van der Waals surface area contributed by atoms with Crippen LogP contribution in [-0.2, 0) is 14.9 Å². The lowest BCUT2D eigenvalue weighted by atomic mass is 9.94. The van der Waals surface area contributed by atoms with Crippen LogP contribution in [0.1, 0.15) is 47.1 Å². The smallest absolute Gasteiger partial charge is 0.296 e. The SMILES string of the molecule is CNC(O)c1sc(C(C)(C)C)cc1NC(=O)C(=O)c1ccc(OCCN2CCOCC2)c2ccccc12. The van der Waals surface area contributed by atoms with E-state index < -0.39 is 17.9 Å². The molecule has 1 fully saturated rings. The Labute approximate surface area is 221 Å². The molecule has 37 heavy (non-hydrogen) atoms. The van der Waals surface area contributed by atoms with E-state index in [9.17, 15) is 14.7 Å². The van der Waals surface area contributed by atoms with Crippen molar-refractivity contribution in [3.05, 3.63) is 57.8 Å². The molecule has 198 valence electrons. The fourth-order valence-corrected chi connectivity index (χ4v) is 5.38. The molecular formula is C28H35N3O5S. The van der Waals surface area contributed by atoms with Gasteiger partial charge in [0.25, 0.3) is 11.7 Å². The molecule has 9 heteroatoms.